The summed E-state index contributed by atoms with van der Waals surface area (Å²) in [5, 5.41) is 26.6. The zero-order chi connectivity index (χ0) is 40.3. The zero-order valence-electron chi connectivity index (χ0n) is 33.0. The number of rotatable bonds is 15. The molecule has 7 atom stereocenters. The number of hydrogen-bond donors (Lipinski definition) is 4. The Morgan fingerprint density at radius 1 is 0.807 bits per heavy atom. The van der Waals surface area contributed by atoms with Gasteiger partial charge in [-0.1, -0.05) is 140 Å². The fourth-order valence-corrected chi connectivity index (χ4v) is 7.29. The van der Waals surface area contributed by atoms with E-state index in [0.717, 1.165) is 44.5 Å². The summed E-state index contributed by atoms with van der Waals surface area (Å²) < 4.78 is 18.4. The molecule has 5 aromatic carbocycles. The number of hydrogen-bond acceptors (Lipinski definition) is 8. The first kappa shape index (κ1) is 41.3. The highest BCUT2D eigenvalue weighted by atomic mass is 16.7. The minimum atomic E-state index is -0.837. The SMILES string of the molecule is COC(=O)[C@H](Cc1ccccc1)NC(=O)NCc1ccccc1-c1ccc([C@H]2O[C@@H](CN(C)[C@@H](C)[C@H](O)c3ccccc3)[C@@H](C)[C@@H](c3ccc(CO)cc3)O2)cc1. The molecule has 0 bridgehead atoms. The highest BCUT2D eigenvalue weighted by Crippen LogP contribution is 2.42. The molecule has 10 nitrogen and oxygen atoms in total. The van der Waals surface area contributed by atoms with E-state index in [1.54, 1.807) is 0 Å². The maximum atomic E-state index is 13.0. The average Bonchev–Trinajstić information content (AvgIpc) is 3.26. The molecule has 2 amide bonds. The molecule has 0 aromatic heterocycles. The van der Waals surface area contributed by atoms with E-state index in [1.165, 1.54) is 7.11 Å². The second-order valence-corrected chi connectivity index (χ2v) is 14.7. The van der Waals surface area contributed by atoms with E-state index < -0.39 is 30.4 Å². The summed E-state index contributed by atoms with van der Waals surface area (Å²) >= 11 is 0. The molecule has 57 heavy (non-hydrogen) atoms. The van der Waals surface area contributed by atoms with Gasteiger partial charge in [-0.15, -0.1) is 0 Å². The van der Waals surface area contributed by atoms with Crippen LogP contribution in [0.25, 0.3) is 11.1 Å². The van der Waals surface area contributed by atoms with Gasteiger partial charge < -0.3 is 35.1 Å². The standard InChI is InChI=1S/C47H53N3O7/c1-31-42(29-50(3)32(2)43(52)36-15-9-6-10-16-36)56-46(57-44(31)37-21-19-34(30-51)20-22-37)38-25-23-35(24-26-38)40-18-12-11-17-39(40)28-48-47(54)49-41(45(53)55-4)27-33-13-7-5-8-14-33/h5-26,31-32,41-44,46,51-52H,27-30H2,1-4H3,(H2,48,49,54)/t31-,32+,41+,42+,43+,44+,46+/m1/s1. The number of likely N-dealkylation sites (N-methyl/N-ethyl adjacent to an activating group) is 1. The van der Waals surface area contributed by atoms with Crippen LogP contribution < -0.4 is 10.6 Å². The first-order valence-electron chi connectivity index (χ1n) is 19.4. The average molecular weight is 772 g/mol. The van der Waals surface area contributed by atoms with E-state index in [9.17, 15) is 19.8 Å². The Balaban J connectivity index is 1.17. The van der Waals surface area contributed by atoms with E-state index in [1.807, 2.05) is 147 Å². The largest absolute Gasteiger partial charge is 0.467 e. The van der Waals surface area contributed by atoms with Crippen molar-refractivity contribution in [2.45, 2.75) is 70.1 Å². The first-order valence-corrected chi connectivity index (χ1v) is 19.4. The van der Waals surface area contributed by atoms with Crippen molar-refractivity contribution in [1.29, 1.82) is 0 Å². The summed E-state index contributed by atoms with van der Waals surface area (Å²) in [4.78, 5) is 27.7. The van der Waals surface area contributed by atoms with Crippen LogP contribution in [0, 0.1) is 5.92 Å². The van der Waals surface area contributed by atoms with Gasteiger partial charge in [-0.2, -0.15) is 0 Å². The van der Waals surface area contributed by atoms with Crippen LogP contribution in [0.4, 0.5) is 4.79 Å². The summed E-state index contributed by atoms with van der Waals surface area (Å²) in [7, 11) is 3.32. The summed E-state index contributed by atoms with van der Waals surface area (Å²) in [6, 6.07) is 41.4. The Bertz CT molecular complexity index is 2030. The van der Waals surface area contributed by atoms with Gasteiger partial charge in [-0.25, -0.2) is 9.59 Å². The minimum Gasteiger partial charge on any atom is -0.467 e. The summed E-state index contributed by atoms with van der Waals surface area (Å²) in [6.45, 7) is 4.92. The van der Waals surface area contributed by atoms with Crippen molar-refractivity contribution in [2.75, 3.05) is 20.7 Å². The van der Waals surface area contributed by atoms with Crippen LogP contribution in [-0.2, 0) is 38.6 Å². The first-order chi connectivity index (χ1) is 27.6. The van der Waals surface area contributed by atoms with Crippen molar-refractivity contribution in [1.82, 2.24) is 15.5 Å². The van der Waals surface area contributed by atoms with Gasteiger partial charge in [0, 0.05) is 37.0 Å². The maximum absolute atomic E-state index is 13.0. The lowest BCUT2D eigenvalue weighted by molar-refractivity contribution is -0.276. The molecule has 0 radical (unpaired) electrons. The quantitative estimate of drug-likeness (QED) is 0.0819. The van der Waals surface area contributed by atoms with Crippen LogP contribution in [0.1, 0.15) is 65.7 Å². The Morgan fingerprint density at radius 3 is 2.11 bits per heavy atom. The number of carbonyl (C=O) groups is 2. The third-order valence-electron chi connectivity index (χ3n) is 10.9. The predicted octanol–water partition coefficient (Wildman–Crippen LogP) is 7.27. The van der Waals surface area contributed by atoms with Crippen LogP contribution in [0.3, 0.4) is 0 Å². The molecule has 1 aliphatic heterocycles. The van der Waals surface area contributed by atoms with Gasteiger partial charge in [-0.05, 0) is 52.9 Å². The molecule has 298 valence electrons. The Labute approximate surface area is 335 Å². The van der Waals surface area contributed by atoms with Gasteiger partial charge in [0.1, 0.15) is 6.04 Å². The van der Waals surface area contributed by atoms with Crippen molar-refractivity contribution < 1.29 is 34.0 Å². The second kappa shape index (κ2) is 19.7. The molecule has 0 aliphatic carbocycles. The molecule has 0 spiro atoms. The van der Waals surface area contributed by atoms with Gasteiger partial charge in [-0.3, -0.25) is 4.90 Å². The topological polar surface area (TPSA) is 130 Å². The maximum Gasteiger partial charge on any atom is 0.328 e. The van der Waals surface area contributed by atoms with E-state index >= 15 is 0 Å². The van der Waals surface area contributed by atoms with Gasteiger partial charge >= 0.3 is 12.0 Å². The molecule has 1 saturated heterocycles. The van der Waals surface area contributed by atoms with Crippen LogP contribution in [0.2, 0.25) is 0 Å². The molecule has 4 N–H and O–H groups in total. The van der Waals surface area contributed by atoms with Crippen molar-refractivity contribution in [3.05, 3.63) is 167 Å². The number of urea groups is 1. The zero-order valence-corrected chi connectivity index (χ0v) is 33.0. The van der Waals surface area contributed by atoms with Crippen LogP contribution in [0.5, 0.6) is 0 Å². The van der Waals surface area contributed by atoms with Crippen LogP contribution in [-0.4, -0.2) is 66.0 Å². The van der Waals surface area contributed by atoms with Crippen molar-refractivity contribution in [3.63, 3.8) is 0 Å². The number of ether oxygens (including phenoxy) is 3. The number of methoxy groups -OCH3 is 1. The molecule has 1 fully saturated rings. The van der Waals surface area contributed by atoms with Gasteiger partial charge in [0.15, 0.2) is 6.29 Å². The summed E-state index contributed by atoms with van der Waals surface area (Å²) in [6.07, 6.45) is -1.54. The molecule has 10 heteroatoms. The van der Waals surface area contributed by atoms with Crippen molar-refractivity contribution in [3.8, 4) is 11.1 Å². The molecule has 1 aliphatic rings. The number of carbonyl (C=O) groups excluding carboxylic acids is 2. The fourth-order valence-electron chi connectivity index (χ4n) is 7.29. The molecular formula is C47H53N3O7. The number of aliphatic hydroxyl groups excluding tert-OH is 2. The molecule has 0 unspecified atom stereocenters. The number of amides is 2. The predicted molar refractivity (Wildman–Crippen MR) is 220 cm³/mol. The van der Waals surface area contributed by atoms with E-state index in [4.69, 9.17) is 14.2 Å². The van der Waals surface area contributed by atoms with Gasteiger partial charge in [0.25, 0.3) is 0 Å². The van der Waals surface area contributed by atoms with Crippen molar-refractivity contribution >= 4 is 12.0 Å². The van der Waals surface area contributed by atoms with Crippen LogP contribution in [0.15, 0.2) is 133 Å². The van der Waals surface area contributed by atoms with E-state index in [-0.39, 0.29) is 37.3 Å². The second-order valence-electron chi connectivity index (χ2n) is 14.7. The monoisotopic (exact) mass is 771 g/mol. The Morgan fingerprint density at radius 2 is 1.44 bits per heavy atom. The highest BCUT2D eigenvalue weighted by molar-refractivity contribution is 5.84. The Kier molecular flexibility index (Phi) is 14.2. The molecule has 5 aromatic rings. The number of esters is 1. The number of aliphatic hydroxyl groups is 2. The molecular weight excluding hydrogens is 719 g/mol. The summed E-state index contributed by atoms with van der Waals surface area (Å²) in [5.41, 5.74) is 7.26. The highest BCUT2D eigenvalue weighted by Gasteiger charge is 2.39. The van der Waals surface area contributed by atoms with Gasteiger partial charge in [0.05, 0.1) is 32.0 Å². The number of nitrogens with zero attached hydrogens (tertiary/aromatic N) is 1. The number of nitrogens with one attached hydrogen (secondary N) is 2. The fraction of sp³-hybridized carbons (Fsp3) is 0.319. The molecule has 0 saturated carbocycles. The number of benzene rings is 5. The Hall–Kier alpha value is -5.36. The third kappa shape index (κ3) is 10.5. The lowest BCUT2D eigenvalue weighted by Gasteiger charge is -2.43. The lowest BCUT2D eigenvalue weighted by atomic mass is 9.89. The molecule has 6 rings (SSSR count). The van der Waals surface area contributed by atoms with Gasteiger partial charge in [0.2, 0.25) is 0 Å². The summed E-state index contributed by atoms with van der Waals surface area (Å²) in [5.74, 6) is -0.544. The van der Waals surface area contributed by atoms with Crippen molar-refractivity contribution in [2.24, 2.45) is 5.92 Å². The molecule has 1 heterocycles. The van der Waals surface area contributed by atoms with Crippen LogP contribution >= 0.6 is 0 Å². The third-order valence-corrected chi connectivity index (χ3v) is 10.9. The lowest BCUT2D eigenvalue weighted by Crippen LogP contribution is -2.47. The normalized spacial score (nSPS) is 19.6. The van der Waals surface area contributed by atoms with E-state index in [0.29, 0.717) is 13.0 Å². The smallest absolute Gasteiger partial charge is 0.328 e. The van der Waals surface area contributed by atoms with E-state index in [2.05, 4.69) is 22.5 Å². The minimum absolute atomic E-state index is 0.0261.